The Balaban J connectivity index is 1.94. The molecule has 0 bridgehead atoms. The maximum Gasteiger partial charge on any atom is 0.142 e. The topological polar surface area (TPSA) is 30.5 Å². The second-order valence-electron chi connectivity index (χ2n) is 5.13. The van der Waals surface area contributed by atoms with E-state index < -0.39 is 0 Å². The van der Waals surface area contributed by atoms with Gasteiger partial charge in [0.15, 0.2) is 0 Å². The molecule has 0 atom stereocenters. The van der Waals surface area contributed by atoms with Crippen LogP contribution in [0.2, 0.25) is 10.0 Å². The van der Waals surface area contributed by atoms with Crippen LogP contribution in [0.25, 0.3) is 0 Å². The lowest BCUT2D eigenvalue weighted by atomic mass is 10.2. The van der Waals surface area contributed by atoms with Crippen molar-refractivity contribution in [2.24, 2.45) is 5.92 Å². The molecular formula is C15H21Cl2NO2. The number of benzene rings is 1. The van der Waals surface area contributed by atoms with Crippen LogP contribution in [-0.4, -0.2) is 26.9 Å². The van der Waals surface area contributed by atoms with E-state index in [1.807, 2.05) is 6.07 Å². The lowest BCUT2D eigenvalue weighted by Gasteiger charge is -2.14. The van der Waals surface area contributed by atoms with Gasteiger partial charge in [0.1, 0.15) is 5.75 Å². The Bertz CT molecular complexity index is 436. The number of nitrogens with one attached hydrogen (secondary N) is 1. The molecule has 1 N–H and O–H groups in total. The second kappa shape index (κ2) is 8.08. The Kier molecular flexibility index (Phi) is 6.43. The van der Waals surface area contributed by atoms with Crippen LogP contribution in [0.15, 0.2) is 12.1 Å². The number of hydrogen-bond donors (Lipinski definition) is 1. The molecule has 0 heterocycles. The van der Waals surface area contributed by atoms with Crippen LogP contribution in [-0.2, 0) is 11.3 Å². The van der Waals surface area contributed by atoms with E-state index >= 15 is 0 Å². The van der Waals surface area contributed by atoms with Gasteiger partial charge in [-0.3, -0.25) is 0 Å². The summed E-state index contributed by atoms with van der Waals surface area (Å²) < 4.78 is 10.9. The lowest BCUT2D eigenvalue weighted by Crippen LogP contribution is -2.19. The van der Waals surface area contributed by atoms with E-state index in [1.165, 1.54) is 12.8 Å². The van der Waals surface area contributed by atoms with E-state index in [1.54, 1.807) is 13.2 Å². The third kappa shape index (κ3) is 5.13. The van der Waals surface area contributed by atoms with Gasteiger partial charge in [-0.1, -0.05) is 36.0 Å². The summed E-state index contributed by atoms with van der Waals surface area (Å²) in [5.41, 5.74) is 0.995. The van der Waals surface area contributed by atoms with Gasteiger partial charge in [-0.2, -0.15) is 0 Å². The van der Waals surface area contributed by atoms with Crippen LogP contribution in [0.4, 0.5) is 0 Å². The SMILES string of the molecule is COCCNCc1cc(Cl)cc(Cl)c1OCCC1CC1. The normalized spacial score (nSPS) is 14.6. The summed E-state index contributed by atoms with van der Waals surface area (Å²) in [7, 11) is 1.68. The predicted molar refractivity (Wildman–Crippen MR) is 82.9 cm³/mol. The standard InChI is InChI=1S/C15H21Cl2NO2/c1-19-7-5-18-10-12-8-13(16)9-14(17)15(12)20-6-4-11-2-3-11/h8-9,11,18H,2-7,10H2,1H3. The highest BCUT2D eigenvalue weighted by molar-refractivity contribution is 6.35. The van der Waals surface area contributed by atoms with E-state index in [9.17, 15) is 0 Å². The average Bonchev–Trinajstić information content (AvgIpc) is 3.21. The number of methoxy groups -OCH3 is 1. The summed E-state index contributed by atoms with van der Waals surface area (Å²) in [5, 5.41) is 4.50. The average molecular weight is 318 g/mol. The first-order valence-corrected chi connectivity index (χ1v) is 7.76. The van der Waals surface area contributed by atoms with Crippen LogP contribution in [0.1, 0.15) is 24.8 Å². The molecule has 1 fully saturated rings. The maximum atomic E-state index is 6.24. The number of hydrogen-bond acceptors (Lipinski definition) is 3. The fourth-order valence-electron chi connectivity index (χ4n) is 2.04. The molecule has 3 nitrogen and oxygen atoms in total. The summed E-state index contributed by atoms with van der Waals surface area (Å²) in [5.74, 6) is 1.60. The van der Waals surface area contributed by atoms with Crippen molar-refractivity contribution in [2.45, 2.75) is 25.8 Å². The first kappa shape index (κ1) is 15.9. The molecule has 1 aliphatic rings. The highest BCUT2D eigenvalue weighted by atomic mass is 35.5. The van der Waals surface area contributed by atoms with Crippen molar-refractivity contribution in [2.75, 3.05) is 26.9 Å². The van der Waals surface area contributed by atoms with Crippen LogP contribution in [0, 0.1) is 5.92 Å². The molecule has 5 heteroatoms. The number of ether oxygens (including phenoxy) is 2. The quantitative estimate of drug-likeness (QED) is 0.700. The van der Waals surface area contributed by atoms with Crippen molar-refractivity contribution >= 4 is 23.2 Å². The first-order chi connectivity index (χ1) is 9.70. The molecule has 0 spiro atoms. The zero-order valence-electron chi connectivity index (χ0n) is 11.8. The van der Waals surface area contributed by atoms with Gasteiger partial charge in [0.25, 0.3) is 0 Å². The Morgan fingerprint density at radius 1 is 1.25 bits per heavy atom. The van der Waals surface area contributed by atoms with Crippen LogP contribution in [0.5, 0.6) is 5.75 Å². The van der Waals surface area contributed by atoms with E-state index in [4.69, 9.17) is 32.7 Å². The minimum absolute atomic E-state index is 0.580. The summed E-state index contributed by atoms with van der Waals surface area (Å²) >= 11 is 12.3. The van der Waals surface area contributed by atoms with Gasteiger partial charge in [0.05, 0.1) is 18.2 Å². The van der Waals surface area contributed by atoms with Gasteiger partial charge in [0, 0.05) is 30.8 Å². The Morgan fingerprint density at radius 2 is 2.05 bits per heavy atom. The molecule has 1 aromatic carbocycles. The van der Waals surface area contributed by atoms with Crippen LogP contribution < -0.4 is 10.1 Å². The minimum atomic E-state index is 0.580. The van der Waals surface area contributed by atoms with Crippen molar-refractivity contribution in [3.63, 3.8) is 0 Å². The van der Waals surface area contributed by atoms with E-state index in [0.717, 1.165) is 36.8 Å². The van der Waals surface area contributed by atoms with Crippen molar-refractivity contribution < 1.29 is 9.47 Å². The minimum Gasteiger partial charge on any atom is -0.492 e. The number of rotatable bonds is 9. The summed E-state index contributed by atoms with van der Waals surface area (Å²) in [6.07, 6.45) is 3.78. The fraction of sp³-hybridized carbons (Fsp3) is 0.600. The molecule has 1 aromatic rings. The van der Waals surface area contributed by atoms with Crippen molar-refractivity contribution in [3.05, 3.63) is 27.7 Å². The fourth-order valence-corrected chi connectivity index (χ4v) is 2.63. The van der Waals surface area contributed by atoms with Gasteiger partial charge >= 0.3 is 0 Å². The summed E-state index contributed by atoms with van der Waals surface area (Å²) in [6.45, 7) is 2.84. The van der Waals surface area contributed by atoms with Crippen LogP contribution >= 0.6 is 23.2 Å². The Labute approximate surface area is 130 Å². The molecule has 0 aromatic heterocycles. The largest absolute Gasteiger partial charge is 0.492 e. The van der Waals surface area contributed by atoms with E-state index in [-0.39, 0.29) is 0 Å². The van der Waals surface area contributed by atoms with Gasteiger partial charge in [0.2, 0.25) is 0 Å². The third-order valence-corrected chi connectivity index (χ3v) is 3.85. The molecule has 20 heavy (non-hydrogen) atoms. The molecule has 112 valence electrons. The van der Waals surface area contributed by atoms with Gasteiger partial charge in [-0.25, -0.2) is 0 Å². The lowest BCUT2D eigenvalue weighted by molar-refractivity contribution is 0.199. The van der Waals surface area contributed by atoms with E-state index in [0.29, 0.717) is 23.2 Å². The van der Waals surface area contributed by atoms with Crippen LogP contribution in [0.3, 0.4) is 0 Å². The smallest absolute Gasteiger partial charge is 0.142 e. The van der Waals surface area contributed by atoms with Crippen molar-refractivity contribution in [1.82, 2.24) is 5.32 Å². The Morgan fingerprint density at radius 3 is 2.75 bits per heavy atom. The predicted octanol–water partition coefficient (Wildman–Crippen LogP) is 3.91. The molecule has 0 aliphatic heterocycles. The van der Waals surface area contributed by atoms with Gasteiger partial charge < -0.3 is 14.8 Å². The van der Waals surface area contributed by atoms with Crippen molar-refractivity contribution in [3.8, 4) is 5.75 Å². The summed E-state index contributed by atoms with van der Waals surface area (Å²) in [4.78, 5) is 0. The Hall–Kier alpha value is -0.480. The molecule has 2 rings (SSSR count). The molecule has 1 saturated carbocycles. The van der Waals surface area contributed by atoms with Gasteiger partial charge in [-0.05, 0) is 24.5 Å². The molecule has 1 aliphatic carbocycles. The van der Waals surface area contributed by atoms with E-state index in [2.05, 4.69) is 5.32 Å². The molecule has 0 amide bonds. The zero-order chi connectivity index (χ0) is 14.4. The number of halogens is 2. The van der Waals surface area contributed by atoms with Gasteiger partial charge in [-0.15, -0.1) is 0 Å². The second-order valence-corrected chi connectivity index (χ2v) is 5.97. The maximum absolute atomic E-state index is 6.24. The monoisotopic (exact) mass is 317 g/mol. The molecule has 0 saturated heterocycles. The highest BCUT2D eigenvalue weighted by Gasteiger charge is 2.21. The molecular weight excluding hydrogens is 297 g/mol. The summed E-state index contributed by atoms with van der Waals surface area (Å²) in [6, 6.07) is 3.63. The molecule has 0 unspecified atom stereocenters. The first-order valence-electron chi connectivity index (χ1n) is 7.01. The van der Waals surface area contributed by atoms with Crippen molar-refractivity contribution in [1.29, 1.82) is 0 Å². The third-order valence-electron chi connectivity index (χ3n) is 3.35. The highest BCUT2D eigenvalue weighted by Crippen LogP contribution is 2.35. The molecule has 0 radical (unpaired) electrons. The zero-order valence-corrected chi connectivity index (χ0v) is 13.3.